The monoisotopic (exact) mass is 402 g/mol. The maximum absolute atomic E-state index is 13.4. The molecule has 8 heteroatoms. The lowest BCUT2D eigenvalue weighted by Gasteiger charge is -2.22. The molecule has 1 amide bonds. The van der Waals surface area contributed by atoms with E-state index < -0.39 is 0 Å². The Morgan fingerprint density at radius 1 is 1.23 bits per heavy atom. The lowest BCUT2D eigenvalue weighted by Crippen LogP contribution is -2.36. The summed E-state index contributed by atoms with van der Waals surface area (Å²) in [4.78, 5) is 21.0. The number of methoxy groups -OCH3 is 1. The van der Waals surface area contributed by atoms with Gasteiger partial charge in [-0.05, 0) is 31.5 Å². The van der Waals surface area contributed by atoms with Gasteiger partial charge < -0.3 is 15.0 Å². The maximum atomic E-state index is 13.4. The van der Waals surface area contributed by atoms with E-state index in [0.29, 0.717) is 34.9 Å². The first kappa shape index (κ1) is 19.5. The third kappa shape index (κ3) is 3.57. The molecule has 0 aliphatic carbocycles. The zero-order valence-corrected chi connectivity index (χ0v) is 16.8. The zero-order valence-electron chi connectivity index (χ0n) is 16.8. The minimum Gasteiger partial charge on any atom is -0.495 e. The largest absolute Gasteiger partial charge is 0.495 e. The van der Waals surface area contributed by atoms with Gasteiger partial charge in [0.15, 0.2) is 0 Å². The van der Waals surface area contributed by atoms with Crippen molar-refractivity contribution in [1.29, 1.82) is 0 Å². The minimum atomic E-state index is -0.0597. The van der Waals surface area contributed by atoms with Gasteiger partial charge >= 0.3 is 0 Å². The Kier molecular flexibility index (Phi) is 5.35. The van der Waals surface area contributed by atoms with Gasteiger partial charge in [0.05, 0.1) is 30.8 Å². The highest BCUT2D eigenvalue weighted by Crippen LogP contribution is 2.28. The molecule has 0 bridgehead atoms. The number of likely N-dealkylation sites (tertiary alicyclic amines) is 1. The number of hydrogen-bond donors (Lipinski definition) is 1. The number of aromatic nitrogens is 4. The minimum absolute atomic E-state index is 0.0191. The van der Waals surface area contributed by atoms with Gasteiger partial charge in [0.1, 0.15) is 17.1 Å². The molecule has 2 atom stereocenters. The molecule has 1 N–H and O–H groups in total. The van der Waals surface area contributed by atoms with Gasteiger partial charge in [-0.15, -0.1) is 6.42 Å². The van der Waals surface area contributed by atoms with Crippen LogP contribution in [0.1, 0.15) is 29.3 Å². The molecule has 3 aromatic rings. The molecular weight excluding hydrogens is 380 g/mol. The summed E-state index contributed by atoms with van der Waals surface area (Å²) in [7, 11) is 1.57. The number of rotatable bonds is 5. The van der Waals surface area contributed by atoms with Crippen molar-refractivity contribution in [3.05, 3.63) is 60.0 Å². The van der Waals surface area contributed by atoms with Crippen molar-refractivity contribution in [3.63, 3.8) is 0 Å². The molecule has 0 spiro atoms. The van der Waals surface area contributed by atoms with E-state index in [-0.39, 0.29) is 18.0 Å². The first-order valence-corrected chi connectivity index (χ1v) is 9.65. The van der Waals surface area contributed by atoms with Crippen molar-refractivity contribution >= 4 is 11.7 Å². The highest BCUT2D eigenvalue weighted by Gasteiger charge is 2.34. The molecular formula is C22H22N6O2. The Bertz CT molecular complexity index is 1090. The number of carbonyl (C=O) groups excluding carboxylic acids is 1. The molecule has 1 aromatic carbocycles. The summed E-state index contributed by atoms with van der Waals surface area (Å²) in [5.41, 5.74) is 1.79. The first-order valence-electron chi connectivity index (χ1n) is 9.65. The number of carbonyl (C=O) groups is 1. The Hall–Kier alpha value is -3.86. The second-order valence-electron chi connectivity index (χ2n) is 7.10. The number of anilines is 1. The summed E-state index contributed by atoms with van der Waals surface area (Å²) in [6.07, 6.45) is 11.3. The van der Waals surface area contributed by atoms with Crippen LogP contribution >= 0.6 is 0 Å². The molecule has 1 aliphatic rings. The number of hydrogen-bond acceptors (Lipinski definition) is 6. The molecule has 4 rings (SSSR count). The molecule has 0 saturated carbocycles. The van der Waals surface area contributed by atoms with Crippen LogP contribution in [0.3, 0.4) is 0 Å². The van der Waals surface area contributed by atoms with E-state index in [1.54, 1.807) is 37.8 Å². The van der Waals surface area contributed by atoms with Gasteiger partial charge in [-0.2, -0.15) is 15.0 Å². The second kappa shape index (κ2) is 8.25. The standard InChI is InChI=1S/C22H22N6O2/c1-4-17-20(30-3)9-10-23-21(17)26-16-13-15(2)27(14-16)22(29)18-7-5-6-8-19(18)28-24-11-12-25-28/h1,5-12,15-16H,13-14H2,2-3H3,(H,23,26)/t15-,16-/m1/s1. The molecule has 30 heavy (non-hydrogen) atoms. The van der Waals surface area contributed by atoms with Crippen LogP contribution < -0.4 is 10.1 Å². The molecule has 1 fully saturated rings. The van der Waals surface area contributed by atoms with E-state index in [4.69, 9.17) is 11.2 Å². The number of benzene rings is 1. The fourth-order valence-electron chi connectivity index (χ4n) is 3.80. The molecule has 152 valence electrons. The average molecular weight is 402 g/mol. The average Bonchev–Trinajstić information content (AvgIpc) is 3.43. The third-order valence-electron chi connectivity index (χ3n) is 5.22. The Labute approximate surface area is 174 Å². The summed E-state index contributed by atoms with van der Waals surface area (Å²) in [5, 5.41) is 11.7. The Morgan fingerprint density at radius 2 is 2.00 bits per heavy atom. The summed E-state index contributed by atoms with van der Waals surface area (Å²) in [6.45, 7) is 2.57. The van der Waals surface area contributed by atoms with Crippen LogP contribution in [-0.2, 0) is 0 Å². The van der Waals surface area contributed by atoms with E-state index in [1.807, 2.05) is 30.0 Å². The van der Waals surface area contributed by atoms with Crippen LogP contribution in [0.4, 0.5) is 5.82 Å². The van der Waals surface area contributed by atoms with E-state index in [1.165, 1.54) is 4.80 Å². The molecule has 1 aliphatic heterocycles. The highest BCUT2D eigenvalue weighted by molar-refractivity contribution is 5.98. The number of terminal acetylenes is 1. The summed E-state index contributed by atoms with van der Waals surface area (Å²) < 4.78 is 5.33. The van der Waals surface area contributed by atoms with Gasteiger partial charge in [0.25, 0.3) is 5.91 Å². The topological polar surface area (TPSA) is 85.2 Å². The number of ether oxygens (including phenoxy) is 1. The van der Waals surface area contributed by atoms with Crippen molar-refractivity contribution in [2.45, 2.75) is 25.4 Å². The predicted octanol–water partition coefficient (Wildman–Crippen LogP) is 2.37. The van der Waals surface area contributed by atoms with E-state index in [0.717, 1.165) is 6.42 Å². The van der Waals surface area contributed by atoms with Crippen LogP contribution in [0.2, 0.25) is 0 Å². The SMILES string of the molecule is C#Cc1c(OC)ccnc1N[C@@H]1C[C@@H](C)N(C(=O)c2ccccc2-n2nccn2)C1. The van der Waals surface area contributed by atoms with Crippen molar-refractivity contribution in [3.8, 4) is 23.8 Å². The highest BCUT2D eigenvalue weighted by atomic mass is 16.5. The Morgan fingerprint density at radius 3 is 2.73 bits per heavy atom. The van der Waals surface area contributed by atoms with Crippen molar-refractivity contribution in [2.75, 3.05) is 19.0 Å². The molecule has 8 nitrogen and oxygen atoms in total. The van der Waals surface area contributed by atoms with Crippen LogP contribution in [0.25, 0.3) is 5.69 Å². The van der Waals surface area contributed by atoms with E-state index in [9.17, 15) is 4.79 Å². The van der Waals surface area contributed by atoms with Gasteiger partial charge in [0.2, 0.25) is 0 Å². The molecule has 3 heterocycles. The third-order valence-corrected chi connectivity index (χ3v) is 5.22. The van der Waals surface area contributed by atoms with Crippen LogP contribution in [0.15, 0.2) is 48.9 Å². The smallest absolute Gasteiger partial charge is 0.256 e. The summed E-state index contributed by atoms with van der Waals surface area (Å²) in [5.74, 6) is 3.76. The number of amides is 1. The zero-order chi connectivity index (χ0) is 21.1. The number of para-hydroxylation sites is 1. The van der Waals surface area contributed by atoms with Gasteiger partial charge in [-0.25, -0.2) is 4.98 Å². The molecule has 0 radical (unpaired) electrons. The van der Waals surface area contributed by atoms with Crippen LogP contribution in [-0.4, -0.2) is 56.5 Å². The maximum Gasteiger partial charge on any atom is 0.256 e. The number of nitrogens with one attached hydrogen (secondary N) is 1. The van der Waals surface area contributed by atoms with E-state index >= 15 is 0 Å². The van der Waals surface area contributed by atoms with Gasteiger partial charge in [-0.1, -0.05) is 18.1 Å². The van der Waals surface area contributed by atoms with Gasteiger partial charge in [0, 0.05) is 24.8 Å². The Balaban J connectivity index is 1.55. The number of nitrogens with zero attached hydrogens (tertiary/aromatic N) is 5. The first-order chi connectivity index (χ1) is 14.6. The van der Waals surface area contributed by atoms with Crippen molar-refractivity contribution in [1.82, 2.24) is 24.9 Å². The fraction of sp³-hybridized carbons (Fsp3) is 0.273. The summed E-state index contributed by atoms with van der Waals surface area (Å²) in [6, 6.07) is 9.14. The van der Waals surface area contributed by atoms with Gasteiger partial charge in [-0.3, -0.25) is 4.79 Å². The summed E-state index contributed by atoms with van der Waals surface area (Å²) >= 11 is 0. The number of pyridine rings is 1. The van der Waals surface area contributed by atoms with E-state index in [2.05, 4.69) is 26.4 Å². The fourth-order valence-corrected chi connectivity index (χ4v) is 3.80. The lowest BCUT2D eigenvalue weighted by atomic mass is 10.1. The van der Waals surface area contributed by atoms with Crippen molar-refractivity contribution < 1.29 is 9.53 Å². The van der Waals surface area contributed by atoms with Crippen LogP contribution in [0.5, 0.6) is 5.75 Å². The lowest BCUT2D eigenvalue weighted by molar-refractivity contribution is 0.0746. The van der Waals surface area contributed by atoms with Crippen LogP contribution in [0, 0.1) is 12.3 Å². The second-order valence-corrected chi connectivity index (χ2v) is 7.10. The molecule has 2 aromatic heterocycles. The quantitative estimate of drug-likeness (QED) is 0.660. The molecule has 0 unspecified atom stereocenters. The normalized spacial score (nSPS) is 18.1. The molecule has 1 saturated heterocycles. The predicted molar refractivity (Wildman–Crippen MR) is 113 cm³/mol. The van der Waals surface area contributed by atoms with Crippen molar-refractivity contribution in [2.24, 2.45) is 0 Å².